The molecule has 5 atom stereocenters. The Kier molecular flexibility index (Phi) is 5.72. The second kappa shape index (κ2) is 8.06. The minimum Gasteiger partial charge on any atom is -0.461 e. The van der Waals surface area contributed by atoms with Crippen LogP contribution in [0.2, 0.25) is 0 Å². The number of hydrogen-bond acceptors (Lipinski definition) is 6. The zero-order valence-electron chi connectivity index (χ0n) is 18.5. The molecule has 31 heavy (non-hydrogen) atoms. The van der Waals surface area contributed by atoms with Crippen LogP contribution in [0.4, 0.5) is 0 Å². The number of aliphatic hydroxyl groups is 1. The van der Waals surface area contributed by atoms with Gasteiger partial charge >= 0.3 is 5.97 Å². The van der Waals surface area contributed by atoms with Gasteiger partial charge in [-0.15, -0.1) is 0 Å². The summed E-state index contributed by atoms with van der Waals surface area (Å²) in [6.45, 7) is 6.73. The lowest BCUT2D eigenvalue weighted by molar-refractivity contribution is -0.159. The van der Waals surface area contributed by atoms with Gasteiger partial charge in [-0.1, -0.05) is 25.2 Å². The first-order valence-electron chi connectivity index (χ1n) is 11.3. The van der Waals surface area contributed by atoms with Crippen molar-refractivity contribution in [3.8, 4) is 0 Å². The van der Waals surface area contributed by atoms with Gasteiger partial charge in [-0.3, -0.25) is 14.4 Å². The molecule has 4 heterocycles. The van der Waals surface area contributed by atoms with Crippen molar-refractivity contribution in [1.82, 2.24) is 9.80 Å². The summed E-state index contributed by atoms with van der Waals surface area (Å²) in [5.41, 5.74) is -2.21. The van der Waals surface area contributed by atoms with Crippen molar-refractivity contribution in [2.24, 2.45) is 11.8 Å². The number of rotatable bonds is 6. The maximum atomic E-state index is 13.8. The van der Waals surface area contributed by atoms with Gasteiger partial charge in [0, 0.05) is 25.7 Å². The van der Waals surface area contributed by atoms with E-state index in [2.05, 4.69) is 0 Å². The quantitative estimate of drug-likeness (QED) is 0.383. The van der Waals surface area contributed by atoms with Crippen molar-refractivity contribution in [2.45, 2.75) is 63.3 Å². The minimum absolute atomic E-state index is 0.0163. The van der Waals surface area contributed by atoms with Crippen molar-refractivity contribution in [1.29, 1.82) is 0 Å². The molecule has 0 aromatic carbocycles. The number of esters is 1. The minimum atomic E-state index is -1.22. The number of nitrogens with zero attached hydrogens (tertiary/aromatic N) is 2. The van der Waals surface area contributed by atoms with E-state index in [-0.39, 0.29) is 31.1 Å². The van der Waals surface area contributed by atoms with Crippen molar-refractivity contribution < 1.29 is 29.0 Å². The number of fused-ring (bicyclic) bond motifs is 2. The molecule has 2 fully saturated rings. The Balaban J connectivity index is 1.85. The van der Waals surface area contributed by atoms with Gasteiger partial charge in [-0.05, 0) is 39.2 Å². The lowest BCUT2D eigenvalue weighted by Gasteiger charge is -2.39. The molecule has 0 saturated carbocycles. The zero-order valence-corrected chi connectivity index (χ0v) is 18.5. The summed E-state index contributed by atoms with van der Waals surface area (Å²) >= 11 is 0. The average molecular weight is 433 g/mol. The molecule has 0 aromatic heterocycles. The molecule has 0 aromatic rings. The van der Waals surface area contributed by atoms with Crippen LogP contribution in [-0.2, 0) is 23.9 Å². The number of aliphatic hydroxyl groups excluding tert-OH is 1. The molecule has 1 spiro atoms. The van der Waals surface area contributed by atoms with Crippen molar-refractivity contribution in [3.63, 3.8) is 0 Å². The molecule has 2 amide bonds. The van der Waals surface area contributed by atoms with Gasteiger partial charge in [0.2, 0.25) is 11.8 Å². The first-order valence-corrected chi connectivity index (χ1v) is 11.3. The third-order valence-electron chi connectivity index (χ3n) is 7.16. The molecule has 0 aliphatic carbocycles. The van der Waals surface area contributed by atoms with Gasteiger partial charge in [0.05, 0.1) is 5.92 Å². The summed E-state index contributed by atoms with van der Waals surface area (Å²) in [5, 5.41) is 9.21. The van der Waals surface area contributed by atoms with Crippen molar-refractivity contribution >= 4 is 17.8 Å². The Morgan fingerprint density at radius 1 is 1.13 bits per heavy atom. The summed E-state index contributed by atoms with van der Waals surface area (Å²) in [4.78, 5) is 43.9. The molecular formula is C23H32N2O6. The van der Waals surface area contributed by atoms with E-state index in [0.717, 1.165) is 0 Å². The average Bonchev–Trinajstić information content (AvgIpc) is 3.00. The molecule has 0 radical (unpaired) electrons. The smallest absolute Gasteiger partial charge is 0.313 e. The molecular weight excluding hydrogens is 400 g/mol. The third kappa shape index (κ3) is 3.14. The van der Waals surface area contributed by atoms with Crippen LogP contribution in [0.15, 0.2) is 24.3 Å². The number of likely N-dealkylation sites (tertiary alicyclic amines) is 1. The fourth-order valence-electron chi connectivity index (χ4n) is 5.71. The highest BCUT2D eigenvalue weighted by atomic mass is 16.6. The number of amides is 2. The van der Waals surface area contributed by atoms with Crippen LogP contribution in [0.3, 0.4) is 0 Å². The standard InChI is InChI=1S/C23H32N2O6/c1-4-22-9-8-14-30-21(29)17(22)16-19(27)25(11-5-6-13-26)18-20(28)24(15(2)3)12-7-10-23(16,18)31-22/h7-10,15-18,26H,4-6,11-14H2,1-3H3/t16-,17-,18?,22+,23-/m0/s1. The highest BCUT2D eigenvalue weighted by Crippen LogP contribution is 2.58. The fourth-order valence-corrected chi connectivity index (χ4v) is 5.71. The molecule has 4 aliphatic heterocycles. The molecule has 1 N–H and O–H groups in total. The highest BCUT2D eigenvalue weighted by Gasteiger charge is 2.75. The first-order chi connectivity index (χ1) is 14.8. The predicted molar refractivity (Wildman–Crippen MR) is 112 cm³/mol. The fraction of sp³-hybridized carbons (Fsp3) is 0.696. The van der Waals surface area contributed by atoms with Crippen LogP contribution in [0.5, 0.6) is 0 Å². The van der Waals surface area contributed by atoms with E-state index in [0.29, 0.717) is 32.4 Å². The maximum Gasteiger partial charge on any atom is 0.313 e. The van der Waals surface area contributed by atoms with E-state index in [1.165, 1.54) is 0 Å². The van der Waals surface area contributed by atoms with Crippen LogP contribution in [0.25, 0.3) is 0 Å². The van der Waals surface area contributed by atoms with E-state index in [9.17, 15) is 19.5 Å². The van der Waals surface area contributed by atoms with E-state index in [4.69, 9.17) is 9.47 Å². The Bertz CT molecular complexity index is 823. The summed E-state index contributed by atoms with van der Waals surface area (Å²) in [6.07, 6.45) is 8.93. The molecule has 0 bridgehead atoms. The second-order valence-corrected chi connectivity index (χ2v) is 9.10. The normalized spacial score (nSPS) is 36.9. The van der Waals surface area contributed by atoms with E-state index < -0.39 is 35.0 Å². The summed E-state index contributed by atoms with van der Waals surface area (Å²) in [5.74, 6) is -2.51. The highest BCUT2D eigenvalue weighted by molar-refractivity contribution is 5.99. The number of hydrogen-bond donors (Lipinski definition) is 1. The van der Waals surface area contributed by atoms with Crippen LogP contribution in [0, 0.1) is 11.8 Å². The predicted octanol–water partition coefficient (Wildman–Crippen LogP) is 1.04. The molecule has 2 saturated heterocycles. The topological polar surface area (TPSA) is 96.4 Å². The zero-order chi connectivity index (χ0) is 22.4. The summed E-state index contributed by atoms with van der Waals surface area (Å²) < 4.78 is 12.1. The van der Waals surface area contributed by atoms with Crippen LogP contribution in [0.1, 0.15) is 40.0 Å². The maximum absolute atomic E-state index is 13.8. The molecule has 1 unspecified atom stereocenters. The Morgan fingerprint density at radius 3 is 2.58 bits per heavy atom. The summed E-state index contributed by atoms with van der Waals surface area (Å²) in [7, 11) is 0. The van der Waals surface area contributed by atoms with Gasteiger partial charge in [0.25, 0.3) is 0 Å². The van der Waals surface area contributed by atoms with Gasteiger partial charge in [-0.2, -0.15) is 0 Å². The van der Waals surface area contributed by atoms with Crippen LogP contribution < -0.4 is 0 Å². The summed E-state index contributed by atoms with van der Waals surface area (Å²) in [6, 6.07) is -0.890. The monoisotopic (exact) mass is 432 g/mol. The van der Waals surface area contributed by atoms with Crippen molar-refractivity contribution in [3.05, 3.63) is 24.3 Å². The van der Waals surface area contributed by atoms with Gasteiger partial charge < -0.3 is 24.4 Å². The molecule has 8 nitrogen and oxygen atoms in total. The lowest BCUT2D eigenvalue weighted by atomic mass is 9.73. The number of ether oxygens (including phenoxy) is 2. The SMILES string of the molecule is CC[C@@]12C=CCOC(=O)[C@@H]1[C@H]1C(=O)N(CCCCO)C3C(=O)N(C(C)C)CC=C[C@@]31O2. The number of carbonyl (C=O) groups excluding carboxylic acids is 3. The Morgan fingerprint density at radius 2 is 1.90 bits per heavy atom. The molecule has 170 valence electrons. The molecule has 4 aliphatic rings. The van der Waals surface area contributed by atoms with Crippen LogP contribution in [-0.4, -0.2) is 82.3 Å². The largest absolute Gasteiger partial charge is 0.461 e. The van der Waals surface area contributed by atoms with E-state index in [1.807, 2.05) is 39.0 Å². The van der Waals surface area contributed by atoms with Crippen molar-refractivity contribution in [2.75, 3.05) is 26.3 Å². The second-order valence-electron chi connectivity index (χ2n) is 9.10. The van der Waals surface area contributed by atoms with E-state index in [1.54, 1.807) is 15.9 Å². The number of cyclic esters (lactones) is 1. The van der Waals surface area contributed by atoms with Gasteiger partial charge in [0.1, 0.15) is 29.8 Å². The van der Waals surface area contributed by atoms with Gasteiger partial charge in [0.15, 0.2) is 0 Å². The molecule has 8 heteroatoms. The third-order valence-corrected chi connectivity index (χ3v) is 7.16. The molecule has 4 rings (SSSR count). The number of unbranched alkanes of at least 4 members (excludes halogenated alkanes) is 1. The first kappa shape index (κ1) is 22.0. The lowest BCUT2D eigenvalue weighted by Crippen LogP contribution is -2.57. The Hall–Kier alpha value is -2.19. The van der Waals surface area contributed by atoms with Gasteiger partial charge in [-0.25, -0.2) is 0 Å². The van der Waals surface area contributed by atoms with E-state index >= 15 is 0 Å². The van der Waals surface area contributed by atoms with Crippen LogP contribution >= 0.6 is 0 Å². The number of carbonyl (C=O) groups is 3. The Labute approximate surface area is 182 Å².